The Morgan fingerprint density at radius 3 is 2.52 bits per heavy atom. The summed E-state index contributed by atoms with van der Waals surface area (Å²) in [6.45, 7) is -0.102. The third kappa shape index (κ3) is 3.70. The molecule has 2 aromatic carbocycles. The minimum atomic E-state index is -0.102. The Labute approximate surface area is 146 Å². The average molecular weight is 337 g/mol. The third-order valence-electron chi connectivity index (χ3n) is 3.77. The van der Waals surface area contributed by atoms with Crippen molar-refractivity contribution in [2.24, 2.45) is 0 Å². The topological polar surface area (TPSA) is 76.5 Å². The summed E-state index contributed by atoms with van der Waals surface area (Å²) >= 11 is 0. The second-order valence-corrected chi connectivity index (χ2v) is 5.30. The summed E-state index contributed by atoms with van der Waals surface area (Å²) < 4.78 is 10.6. The summed E-state index contributed by atoms with van der Waals surface area (Å²) in [6, 6.07) is 15.0. The number of rotatable bonds is 6. The lowest BCUT2D eigenvalue weighted by Gasteiger charge is -2.12. The molecule has 1 aromatic heterocycles. The smallest absolute Gasteiger partial charge is 0.134 e. The molecular formula is C19H19N3O3. The predicted molar refractivity (Wildman–Crippen MR) is 96.2 cm³/mol. The number of aliphatic hydroxyl groups excluding tert-OH is 1. The van der Waals surface area contributed by atoms with E-state index < -0.39 is 0 Å². The Balaban J connectivity index is 1.90. The van der Waals surface area contributed by atoms with Crippen molar-refractivity contribution in [2.75, 3.05) is 19.5 Å². The summed E-state index contributed by atoms with van der Waals surface area (Å²) in [7, 11) is 3.21. The number of methoxy groups -OCH3 is 2. The van der Waals surface area contributed by atoms with Crippen LogP contribution in [0.15, 0.2) is 54.9 Å². The fourth-order valence-corrected chi connectivity index (χ4v) is 2.56. The van der Waals surface area contributed by atoms with Crippen molar-refractivity contribution in [1.82, 2.24) is 9.97 Å². The Hall–Kier alpha value is -3.12. The van der Waals surface area contributed by atoms with Crippen LogP contribution in [-0.4, -0.2) is 29.3 Å². The van der Waals surface area contributed by atoms with Crippen LogP contribution in [0.2, 0.25) is 0 Å². The van der Waals surface area contributed by atoms with E-state index in [1.165, 1.54) is 6.33 Å². The Morgan fingerprint density at radius 2 is 1.76 bits per heavy atom. The number of ether oxygens (including phenoxy) is 2. The molecule has 0 spiro atoms. The minimum absolute atomic E-state index is 0.102. The van der Waals surface area contributed by atoms with Gasteiger partial charge in [0, 0.05) is 22.9 Å². The molecule has 3 aromatic rings. The number of hydrogen-bond donors (Lipinski definition) is 2. The zero-order valence-corrected chi connectivity index (χ0v) is 14.1. The maximum absolute atomic E-state index is 9.44. The van der Waals surface area contributed by atoms with Crippen LogP contribution in [-0.2, 0) is 6.61 Å². The van der Waals surface area contributed by atoms with Gasteiger partial charge in [0.25, 0.3) is 0 Å². The highest BCUT2D eigenvalue weighted by atomic mass is 16.5. The summed E-state index contributed by atoms with van der Waals surface area (Å²) in [6.07, 6.45) is 1.50. The van der Waals surface area contributed by atoms with Crippen molar-refractivity contribution in [3.8, 4) is 22.8 Å². The van der Waals surface area contributed by atoms with E-state index in [0.29, 0.717) is 17.1 Å². The highest BCUT2D eigenvalue weighted by Crippen LogP contribution is 2.30. The quantitative estimate of drug-likeness (QED) is 0.718. The van der Waals surface area contributed by atoms with Crippen LogP contribution in [0.1, 0.15) is 5.56 Å². The van der Waals surface area contributed by atoms with Crippen molar-refractivity contribution in [3.63, 3.8) is 0 Å². The first-order valence-corrected chi connectivity index (χ1v) is 7.75. The van der Waals surface area contributed by atoms with Gasteiger partial charge in [-0.15, -0.1) is 0 Å². The van der Waals surface area contributed by atoms with Gasteiger partial charge in [-0.25, -0.2) is 9.97 Å². The number of para-hydroxylation sites is 1. The van der Waals surface area contributed by atoms with E-state index in [2.05, 4.69) is 15.3 Å². The monoisotopic (exact) mass is 337 g/mol. The summed E-state index contributed by atoms with van der Waals surface area (Å²) in [5.41, 5.74) is 3.15. The Kier molecular flexibility index (Phi) is 5.11. The SMILES string of the molecule is COc1ccc(Nc2cc(-c3ccccc3OC)ncn2)cc1CO. The zero-order chi connectivity index (χ0) is 17.6. The van der Waals surface area contributed by atoms with Crippen LogP contribution >= 0.6 is 0 Å². The van der Waals surface area contributed by atoms with Crippen molar-refractivity contribution in [2.45, 2.75) is 6.61 Å². The normalized spacial score (nSPS) is 10.4. The second-order valence-electron chi connectivity index (χ2n) is 5.30. The van der Waals surface area contributed by atoms with Crippen LogP contribution in [0.4, 0.5) is 11.5 Å². The van der Waals surface area contributed by atoms with E-state index in [1.54, 1.807) is 20.3 Å². The molecular weight excluding hydrogens is 318 g/mol. The number of nitrogens with one attached hydrogen (secondary N) is 1. The molecule has 0 atom stereocenters. The minimum Gasteiger partial charge on any atom is -0.496 e. The maximum Gasteiger partial charge on any atom is 0.134 e. The predicted octanol–water partition coefficient (Wildman–Crippen LogP) is 3.40. The molecule has 1 heterocycles. The maximum atomic E-state index is 9.44. The van der Waals surface area contributed by atoms with E-state index in [0.717, 1.165) is 22.7 Å². The highest BCUT2D eigenvalue weighted by Gasteiger charge is 2.09. The van der Waals surface area contributed by atoms with Crippen molar-refractivity contribution >= 4 is 11.5 Å². The number of hydrogen-bond acceptors (Lipinski definition) is 6. The van der Waals surface area contributed by atoms with Crippen LogP contribution < -0.4 is 14.8 Å². The summed E-state index contributed by atoms with van der Waals surface area (Å²) in [5, 5.41) is 12.7. The van der Waals surface area contributed by atoms with E-state index in [-0.39, 0.29) is 6.61 Å². The third-order valence-corrected chi connectivity index (χ3v) is 3.77. The number of anilines is 2. The molecule has 0 aliphatic rings. The first kappa shape index (κ1) is 16.7. The van der Waals surface area contributed by atoms with Gasteiger partial charge in [-0.1, -0.05) is 12.1 Å². The summed E-state index contributed by atoms with van der Waals surface area (Å²) in [4.78, 5) is 8.59. The average Bonchev–Trinajstić information content (AvgIpc) is 2.68. The number of benzene rings is 2. The fourth-order valence-electron chi connectivity index (χ4n) is 2.56. The molecule has 0 unspecified atom stereocenters. The van der Waals surface area contributed by atoms with Crippen molar-refractivity contribution in [3.05, 3.63) is 60.4 Å². The molecule has 0 aliphatic heterocycles. The molecule has 6 nitrogen and oxygen atoms in total. The molecule has 0 amide bonds. The highest BCUT2D eigenvalue weighted by molar-refractivity contribution is 5.70. The van der Waals surface area contributed by atoms with Gasteiger partial charge in [0.05, 0.1) is 26.5 Å². The molecule has 0 bridgehead atoms. The van der Waals surface area contributed by atoms with Gasteiger partial charge in [-0.2, -0.15) is 0 Å². The van der Waals surface area contributed by atoms with E-state index >= 15 is 0 Å². The van der Waals surface area contributed by atoms with Gasteiger partial charge in [0.15, 0.2) is 0 Å². The second kappa shape index (κ2) is 7.63. The van der Waals surface area contributed by atoms with Gasteiger partial charge < -0.3 is 19.9 Å². The van der Waals surface area contributed by atoms with Gasteiger partial charge in [-0.3, -0.25) is 0 Å². The Bertz CT molecular complexity index is 868. The molecule has 0 fully saturated rings. The van der Waals surface area contributed by atoms with Crippen LogP contribution in [0.25, 0.3) is 11.3 Å². The van der Waals surface area contributed by atoms with Gasteiger partial charge >= 0.3 is 0 Å². The molecule has 0 saturated heterocycles. The number of aliphatic hydroxyl groups is 1. The molecule has 0 saturated carbocycles. The molecule has 0 radical (unpaired) electrons. The standard InChI is InChI=1S/C19H19N3O3/c1-24-17-8-7-14(9-13(17)11-23)22-19-10-16(20-12-21-19)15-5-3-4-6-18(15)25-2/h3-10,12,23H,11H2,1-2H3,(H,20,21,22). The lowest BCUT2D eigenvalue weighted by molar-refractivity contribution is 0.274. The Morgan fingerprint density at radius 1 is 0.960 bits per heavy atom. The lowest BCUT2D eigenvalue weighted by Crippen LogP contribution is -1.98. The molecule has 25 heavy (non-hydrogen) atoms. The molecule has 2 N–H and O–H groups in total. The van der Waals surface area contributed by atoms with Crippen LogP contribution in [0.3, 0.4) is 0 Å². The number of nitrogens with zero attached hydrogens (tertiary/aromatic N) is 2. The van der Waals surface area contributed by atoms with Crippen molar-refractivity contribution in [1.29, 1.82) is 0 Å². The molecule has 128 valence electrons. The number of aromatic nitrogens is 2. The van der Waals surface area contributed by atoms with Crippen molar-refractivity contribution < 1.29 is 14.6 Å². The first-order valence-electron chi connectivity index (χ1n) is 7.75. The molecule has 0 aliphatic carbocycles. The zero-order valence-electron chi connectivity index (χ0n) is 14.1. The van der Waals surface area contributed by atoms with E-state index in [4.69, 9.17) is 9.47 Å². The van der Waals surface area contributed by atoms with Crippen LogP contribution in [0.5, 0.6) is 11.5 Å². The van der Waals surface area contributed by atoms with E-state index in [9.17, 15) is 5.11 Å². The van der Waals surface area contributed by atoms with E-state index in [1.807, 2.05) is 42.5 Å². The van der Waals surface area contributed by atoms with Gasteiger partial charge in [0.2, 0.25) is 0 Å². The van der Waals surface area contributed by atoms with Gasteiger partial charge in [0.1, 0.15) is 23.6 Å². The fraction of sp³-hybridized carbons (Fsp3) is 0.158. The molecule has 6 heteroatoms. The summed E-state index contributed by atoms with van der Waals surface area (Å²) in [5.74, 6) is 2.04. The molecule has 3 rings (SSSR count). The van der Waals surface area contributed by atoms with Crippen LogP contribution in [0, 0.1) is 0 Å². The van der Waals surface area contributed by atoms with Gasteiger partial charge in [-0.05, 0) is 30.3 Å². The first-order chi connectivity index (χ1) is 12.2. The lowest BCUT2D eigenvalue weighted by atomic mass is 10.1. The largest absolute Gasteiger partial charge is 0.496 e.